The molecule has 0 bridgehead atoms. The van der Waals surface area contributed by atoms with Crippen LogP contribution in [0.15, 0.2) is 23.2 Å². The van der Waals surface area contributed by atoms with E-state index in [0.29, 0.717) is 30.7 Å². The van der Waals surface area contributed by atoms with Crippen molar-refractivity contribution in [1.82, 2.24) is 14.9 Å². The van der Waals surface area contributed by atoms with Crippen molar-refractivity contribution in [3.05, 3.63) is 46.9 Å². The minimum atomic E-state index is -0.863. The minimum absolute atomic E-state index is 0. The van der Waals surface area contributed by atoms with Crippen LogP contribution in [0, 0.1) is 11.6 Å². The Morgan fingerprint density at radius 2 is 2.00 bits per heavy atom. The second-order valence-corrected chi connectivity index (χ2v) is 8.37. The van der Waals surface area contributed by atoms with Gasteiger partial charge in [-0.3, -0.25) is 14.8 Å². The van der Waals surface area contributed by atoms with Crippen LogP contribution in [0.3, 0.4) is 0 Å². The molecule has 0 radical (unpaired) electrons. The Bertz CT molecular complexity index is 1020. The van der Waals surface area contributed by atoms with E-state index >= 15 is 0 Å². The number of carbonyl (C=O) groups excluding carboxylic acids is 1. The maximum atomic E-state index is 14.2. The number of hydrogen-bond donors (Lipinski definition) is 1. The molecule has 0 saturated heterocycles. The van der Waals surface area contributed by atoms with Crippen LogP contribution >= 0.6 is 12.4 Å². The number of anilines is 1. The summed E-state index contributed by atoms with van der Waals surface area (Å²) in [6.45, 7) is 2.95. The second-order valence-electron chi connectivity index (χ2n) is 8.37. The van der Waals surface area contributed by atoms with E-state index < -0.39 is 11.6 Å². The SMILES string of the molecule is CCCN1C(=O)N2CC(Cc3cccc(F)c3F)N=C2c2[nH]c(C3CCCC3)nc21.Cl. The average molecular weight is 450 g/mol. The van der Waals surface area contributed by atoms with Gasteiger partial charge in [-0.1, -0.05) is 31.9 Å². The first-order valence-electron chi connectivity index (χ1n) is 10.8. The predicted molar refractivity (Wildman–Crippen MR) is 117 cm³/mol. The summed E-state index contributed by atoms with van der Waals surface area (Å²) in [5.74, 6) is 0.833. The van der Waals surface area contributed by atoms with Crippen LogP contribution in [-0.2, 0) is 6.42 Å². The third-order valence-corrected chi connectivity index (χ3v) is 6.27. The molecule has 6 nitrogen and oxygen atoms in total. The summed E-state index contributed by atoms with van der Waals surface area (Å²) in [6.07, 6.45) is 5.65. The Labute approximate surface area is 186 Å². The lowest BCUT2D eigenvalue weighted by Crippen LogP contribution is -2.50. The second kappa shape index (κ2) is 8.57. The lowest BCUT2D eigenvalue weighted by atomic mass is 10.1. The zero-order valence-corrected chi connectivity index (χ0v) is 18.2. The third kappa shape index (κ3) is 3.71. The molecule has 0 spiro atoms. The standard InChI is InChI=1S/C22H25F2N5O.ClH/c1-2-10-28-21-18(26-19(27-21)13-6-3-4-7-13)20-25-15(12-29(20)22(28)30)11-14-8-5-9-16(23)17(14)24;/h5,8-9,13,15H,2-4,6-7,10-12H2,1H3,(H,26,27);1H. The number of carbonyl (C=O) groups is 1. The number of urea groups is 1. The van der Waals surface area contributed by atoms with Gasteiger partial charge in [-0.05, 0) is 37.3 Å². The number of rotatable bonds is 5. The van der Waals surface area contributed by atoms with Crippen LogP contribution in [0.25, 0.3) is 0 Å². The molecule has 1 fully saturated rings. The molecule has 9 heteroatoms. The highest BCUT2D eigenvalue weighted by Crippen LogP contribution is 2.37. The number of benzene rings is 1. The van der Waals surface area contributed by atoms with Crippen LogP contribution < -0.4 is 4.90 Å². The Balaban J connectivity index is 0.00000231. The quantitative estimate of drug-likeness (QED) is 0.713. The number of imidazole rings is 1. The van der Waals surface area contributed by atoms with Crippen LogP contribution in [0.5, 0.6) is 0 Å². The highest BCUT2D eigenvalue weighted by atomic mass is 35.5. The van der Waals surface area contributed by atoms with Gasteiger partial charge in [-0.2, -0.15) is 0 Å². The number of fused-ring (bicyclic) bond motifs is 3. The van der Waals surface area contributed by atoms with Gasteiger partial charge in [0.25, 0.3) is 0 Å². The topological polar surface area (TPSA) is 64.6 Å². The minimum Gasteiger partial charge on any atom is -0.337 e. The van der Waals surface area contributed by atoms with Crippen LogP contribution in [0.2, 0.25) is 0 Å². The summed E-state index contributed by atoms with van der Waals surface area (Å²) >= 11 is 0. The fraction of sp³-hybridized carbons (Fsp3) is 0.500. The van der Waals surface area contributed by atoms with Crippen LogP contribution in [0.1, 0.15) is 62.0 Å². The van der Waals surface area contributed by atoms with E-state index in [2.05, 4.69) is 4.98 Å². The molecule has 5 rings (SSSR count). The first kappa shape index (κ1) is 21.7. The van der Waals surface area contributed by atoms with Gasteiger partial charge in [0.1, 0.15) is 11.5 Å². The number of aliphatic imine (C=N–C) groups is 1. The first-order chi connectivity index (χ1) is 14.6. The van der Waals surface area contributed by atoms with Gasteiger partial charge in [0.15, 0.2) is 23.3 Å². The fourth-order valence-corrected chi connectivity index (χ4v) is 4.81. The number of H-pyrrole nitrogens is 1. The van der Waals surface area contributed by atoms with Gasteiger partial charge in [0.05, 0.1) is 12.6 Å². The number of halogens is 3. The normalized spacial score (nSPS) is 20.5. The van der Waals surface area contributed by atoms with Crippen molar-refractivity contribution in [2.24, 2.45) is 4.99 Å². The van der Waals surface area contributed by atoms with Gasteiger partial charge in [0.2, 0.25) is 0 Å². The Morgan fingerprint density at radius 1 is 1.23 bits per heavy atom. The highest BCUT2D eigenvalue weighted by molar-refractivity contribution is 6.18. The predicted octanol–water partition coefficient (Wildman–Crippen LogP) is 4.79. The highest BCUT2D eigenvalue weighted by Gasteiger charge is 2.43. The van der Waals surface area contributed by atoms with Crippen LogP contribution in [-0.4, -0.2) is 45.9 Å². The van der Waals surface area contributed by atoms with Gasteiger partial charge in [-0.15, -0.1) is 12.4 Å². The van der Waals surface area contributed by atoms with Gasteiger partial charge in [-0.25, -0.2) is 18.6 Å². The van der Waals surface area contributed by atoms with Crippen molar-refractivity contribution >= 4 is 30.1 Å². The number of amidine groups is 1. The van der Waals surface area contributed by atoms with E-state index in [1.165, 1.54) is 18.9 Å². The third-order valence-electron chi connectivity index (χ3n) is 6.27. The molecule has 166 valence electrons. The van der Waals surface area contributed by atoms with Crippen molar-refractivity contribution in [3.8, 4) is 0 Å². The molecule has 1 N–H and O–H groups in total. The van der Waals surface area contributed by atoms with Gasteiger partial charge in [0, 0.05) is 12.5 Å². The molecule has 1 saturated carbocycles. The van der Waals surface area contributed by atoms with Gasteiger partial charge < -0.3 is 4.98 Å². The zero-order valence-electron chi connectivity index (χ0n) is 17.4. The molecular formula is C22H26ClF2N5O. The Hall–Kier alpha value is -2.48. The monoisotopic (exact) mass is 449 g/mol. The maximum absolute atomic E-state index is 14.2. The van der Waals surface area contributed by atoms with E-state index in [1.54, 1.807) is 15.9 Å². The van der Waals surface area contributed by atoms with E-state index in [-0.39, 0.29) is 36.5 Å². The number of aromatic amines is 1. The van der Waals surface area contributed by atoms with Crippen LogP contribution in [0.4, 0.5) is 19.4 Å². The largest absolute Gasteiger partial charge is 0.337 e. The van der Waals surface area contributed by atoms with Crippen molar-refractivity contribution in [3.63, 3.8) is 0 Å². The molecule has 1 unspecified atom stereocenters. The summed E-state index contributed by atoms with van der Waals surface area (Å²) in [5, 5.41) is 0. The maximum Gasteiger partial charge on any atom is 0.331 e. The number of aromatic nitrogens is 2. The molecule has 1 aromatic carbocycles. The smallest absolute Gasteiger partial charge is 0.331 e. The van der Waals surface area contributed by atoms with E-state index in [0.717, 1.165) is 36.8 Å². The average Bonchev–Trinajstić information content (AvgIpc) is 3.47. The van der Waals surface area contributed by atoms with E-state index in [9.17, 15) is 13.6 Å². The first-order valence-corrected chi connectivity index (χ1v) is 10.8. The molecule has 2 aromatic rings. The molecule has 31 heavy (non-hydrogen) atoms. The summed E-state index contributed by atoms with van der Waals surface area (Å²) in [4.78, 5) is 29.6. The molecular weight excluding hydrogens is 424 g/mol. The zero-order chi connectivity index (χ0) is 20.8. The Morgan fingerprint density at radius 3 is 2.74 bits per heavy atom. The molecule has 3 aliphatic rings. The lowest BCUT2D eigenvalue weighted by molar-refractivity contribution is 0.226. The van der Waals surface area contributed by atoms with E-state index in [1.807, 2.05) is 6.92 Å². The molecule has 2 amide bonds. The summed E-state index contributed by atoms with van der Waals surface area (Å²) < 4.78 is 27.8. The number of hydrogen-bond acceptors (Lipinski definition) is 3. The summed E-state index contributed by atoms with van der Waals surface area (Å²) in [6, 6.07) is 3.71. The molecule has 1 aliphatic carbocycles. The van der Waals surface area contributed by atoms with Crippen molar-refractivity contribution in [2.75, 3.05) is 18.0 Å². The number of amides is 2. The number of nitrogens with zero attached hydrogens (tertiary/aromatic N) is 4. The van der Waals surface area contributed by atoms with Crippen molar-refractivity contribution in [2.45, 2.75) is 57.4 Å². The summed E-state index contributed by atoms with van der Waals surface area (Å²) in [7, 11) is 0. The Kier molecular flexibility index (Phi) is 6.01. The lowest BCUT2D eigenvalue weighted by Gasteiger charge is -2.32. The molecule has 1 aromatic heterocycles. The summed E-state index contributed by atoms with van der Waals surface area (Å²) in [5.41, 5.74) is 1.05. The molecule has 1 atom stereocenters. The fourth-order valence-electron chi connectivity index (χ4n) is 4.81. The van der Waals surface area contributed by atoms with Gasteiger partial charge >= 0.3 is 6.03 Å². The van der Waals surface area contributed by atoms with Crippen molar-refractivity contribution in [1.29, 1.82) is 0 Å². The van der Waals surface area contributed by atoms with Crippen molar-refractivity contribution < 1.29 is 13.6 Å². The number of nitrogens with one attached hydrogen (secondary N) is 1. The molecule has 3 heterocycles. The van der Waals surface area contributed by atoms with E-state index in [4.69, 9.17) is 9.98 Å². The molecule has 2 aliphatic heterocycles.